The number of carbonyl (C=O) groups excluding carboxylic acids is 1. The number of fused-ring (bicyclic) bond motifs is 1. The van der Waals surface area contributed by atoms with Crippen molar-refractivity contribution in [1.29, 1.82) is 0 Å². The van der Waals surface area contributed by atoms with Crippen molar-refractivity contribution in [3.05, 3.63) is 59.8 Å². The monoisotopic (exact) mass is 435 g/mol. The predicted octanol–water partition coefficient (Wildman–Crippen LogP) is 3.92. The van der Waals surface area contributed by atoms with E-state index in [1.54, 1.807) is 34.9 Å². The third kappa shape index (κ3) is 5.49. The van der Waals surface area contributed by atoms with E-state index in [-0.39, 0.29) is 24.8 Å². The number of hydrogen-bond donors (Lipinski definition) is 3. The van der Waals surface area contributed by atoms with Crippen LogP contribution in [0, 0.1) is 5.92 Å². The zero-order valence-electron chi connectivity index (χ0n) is 17.1. The van der Waals surface area contributed by atoms with Crippen molar-refractivity contribution < 1.29 is 27.8 Å². The lowest BCUT2D eigenvalue weighted by molar-refractivity contribution is -0.274. The summed E-state index contributed by atoms with van der Waals surface area (Å²) in [7, 11) is 0. The number of aromatic nitrogens is 1. The molecular weight excluding hydrogens is 411 g/mol. The first kappa shape index (κ1) is 22.5. The minimum atomic E-state index is -4.79. The van der Waals surface area contributed by atoms with Crippen molar-refractivity contribution in [3.8, 4) is 5.75 Å². The van der Waals surface area contributed by atoms with E-state index in [0.29, 0.717) is 22.5 Å². The van der Waals surface area contributed by atoms with Crippen LogP contribution < -0.4 is 15.8 Å². The van der Waals surface area contributed by atoms with Gasteiger partial charge in [-0.15, -0.1) is 13.2 Å². The van der Waals surface area contributed by atoms with Gasteiger partial charge in [-0.05, 0) is 47.9 Å². The lowest BCUT2D eigenvalue weighted by Gasteiger charge is -2.20. The quantitative estimate of drug-likeness (QED) is 0.491. The lowest BCUT2D eigenvalue weighted by Crippen LogP contribution is -2.41. The molecule has 0 spiro atoms. The zero-order valence-corrected chi connectivity index (χ0v) is 17.1. The second-order valence-corrected chi connectivity index (χ2v) is 7.64. The van der Waals surface area contributed by atoms with E-state index in [4.69, 9.17) is 5.73 Å². The molecule has 0 saturated heterocycles. The number of hydrogen-bond acceptors (Lipinski definition) is 4. The highest BCUT2D eigenvalue weighted by molar-refractivity contribution is 5.99. The molecule has 2 aromatic carbocycles. The summed E-state index contributed by atoms with van der Waals surface area (Å²) in [5, 5.41) is 13.1. The van der Waals surface area contributed by atoms with E-state index in [1.165, 1.54) is 18.2 Å². The molecule has 9 heteroatoms. The second-order valence-electron chi connectivity index (χ2n) is 7.64. The van der Waals surface area contributed by atoms with Crippen LogP contribution in [0.2, 0.25) is 0 Å². The highest BCUT2D eigenvalue weighted by Crippen LogP contribution is 2.27. The van der Waals surface area contributed by atoms with Gasteiger partial charge in [0.15, 0.2) is 0 Å². The molecule has 0 aliphatic rings. The summed E-state index contributed by atoms with van der Waals surface area (Å²) >= 11 is 0. The van der Waals surface area contributed by atoms with Gasteiger partial charge in [0.2, 0.25) is 0 Å². The van der Waals surface area contributed by atoms with E-state index in [9.17, 15) is 23.1 Å². The number of nitrogen functional groups attached to an aromatic ring is 1. The number of alkyl halides is 3. The Hall–Kier alpha value is -3.20. The molecule has 0 saturated carbocycles. The number of halogens is 3. The van der Waals surface area contributed by atoms with Gasteiger partial charge in [0.25, 0.3) is 5.91 Å². The average Bonchev–Trinajstić information content (AvgIpc) is 3.02. The number of aliphatic hydroxyl groups is 1. The summed E-state index contributed by atoms with van der Waals surface area (Å²) in [5.41, 5.74) is 7.92. The van der Waals surface area contributed by atoms with Gasteiger partial charge in [0, 0.05) is 23.1 Å². The third-order valence-electron chi connectivity index (χ3n) is 4.95. The lowest BCUT2D eigenvalue weighted by atomic mass is 10.1. The average molecular weight is 435 g/mol. The number of aliphatic hydroxyl groups excluding tert-OH is 1. The van der Waals surface area contributed by atoms with Gasteiger partial charge < -0.3 is 25.5 Å². The van der Waals surface area contributed by atoms with Crippen LogP contribution in [0.25, 0.3) is 10.9 Å². The number of benzene rings is 2. The predicted molar refractivity (Wildman–Crippen MR) is 112 cm³/mol. The summed E-state index contributed by atoms with van der Waals surface area (Å²) < 4.78 is 43.4. The number of ether oxygens (including phenoxy) is 1. The van der Waals surface area contributed by atoms with Gasteiger partial charge >= 0.3 is 6.36 Å². The SMILES string of the molecule is CC(C)[C@@H](CO)NC(=O)c1cc2cc(N)ccc2n1Cc1cccc(OC(F)(F)F)c1. The molecule has 1 atom stereocenters. The fourth-order valence-electron chi connectivity index (χ4n) is 3.34. The molecule has 0 unspecified atom stereocenters. The molecule has 166 valence electrons. The van der Waals surface area contributed by atoms with Gasteiger partial charge in [-0.1, -0.05) is 26.0 Å². The largest absolute Gasteiger partial charge is 0.573 e. The Labute approximate surface area is 177 Å². The highest BCUT2D eigenvalue weighted by atomic mass is 19.4. The first-order chi connectivity index (χ1) is 14.6. The van der Waals surface area contributed by atoms with Gasteiger partial charge in [-0.25, -0.2) is 0 Å². The Balaban J connectivity index is 2.00. The van der Waals surface area contributed by atoms with Crippen LogP contribution in [0.1, 0.15) is 29.9 Å². The van der Waals surface area contributed by atoms with Crippen LogP contribution in [-0.2, 0) is 6.54 Å². The summed E-state index contributed by atoms with van der Waals surface area (Å²) in [6.45, 7) is 3.68. The number of nitrogens with two attached hydrogens (primary N) is 1. The standard InChI is InChI=1S/C22H24F3N3O3/c1-13(2)18(12-29)27-21(30)20-10-15-9-16(26)6-7-19(15)28(20)11-14-4-3-5-17(8-14)31-22(23,24)25/h3-10,13,18,29H,11-12,26H2,1-2H3,(H,27,30)/t18-/m1/s1. The minimum absolute atomic E-state index is 0.0126. The number of amides is 1. The van der Waals surface area contributed by atoms with Crippen molar-refractivity contribution in [1.82, 2.24) is 9.88 Å². The first-order valence-electron chi connectivity index (χ1n) is 9.72. The van der Waals surface area contributed by atoms with E-state index < -0.39 is 18.3 Å². The molecule has 0 aliphatic heterocycles. The highest BCUT2D eigenvalue weighted by Gasteiger charge is 2.31. The molecule has 31 heavy (non-hydrogen) atoms. The van der Waals surface area contributed by atoms with Crippen molar-refractivity contribution in [2.45, 2.75) is 32.8 Å². The van der Waals surface area contributed by atoms with E-state index in [2.05, 4.69) is 10.1 Å². The van der Waals surface area contributed by atoms with Crippen molar-refractivity contribution >= 4 is 22.5 Å². The molecular formula is C22H24F3N3O3. The zero-order chi connectivity index (χ0) is 22.8. The first-order valence-corrected chi connectivity index (χ1v) is 9.72. The number of nitrogens with zero attached hydrogens (tertiary/aromatic N) is 1. The molecule has 1 aromatic heterocycles. The van der Waals surface area contributed by atoms with E-state index in [0.717, 1.165) is 5.39 Å². The van der Waals surface area contributed by atoms with Gasteiger partial charge in [0.1, 0.15) is 11.4 Å². The number of rotatable bonds is 7. The number of nitrogens with one attached hydrogen (secondary N) is 1. The number of carbonyl (C=O) groups is 1. The van der Waals surface area contributed by atoms with Crippen LogP contribution >= 0.6 is 0 Å². The van der Waals surface area contributed by atoms with Crippen LogP contribution in [-0.4, -0.2) is 34.6 Å². The Morgan fingerprint density at radius 3 is 2.58 bits per heavy atom. The van der Waals surface area contributed by atoms with Crippen LogP contribution in [0.5, 0.6) is 5.75 Å². The molecule has 4 N–H and O–H groups in total. The smallest absolute Gasteiger partial charge is 0.406 e. The van der Waals surface area contributed by atoms with Gasteiger partial charge in [-0.2, -0.15) is 0 Å². The molecule has 0 aliphatic carbocycles. The Bertz CT molecular complexity index is 1080. The molecule has 3 aromatic rings. The Morgan fingerprint density at radius 2 is 1.94 bits per heavy atom. The molecule has 1 heterocycles. The summed E-state index contributed by atoms with van der Waals surface area (Å²) in [6.07, 6.45) is -4.79. The molecule has 0 bridgehead atoms. The molecule has 3 rings (SSSR count). The van der Waals surface area contributed by atoms with Crippen molar-refractivity contribution in [2.75, 3.05) is 12.3 Å². The summed E-state index contributed by atoms with van der Waals surface area (Å²) in [5.74, 6) is -0.722. The molecule has 0 radical (unpaired) electrons. The third-order valence-corrected chi connectivity index (χ3v) is 4.95. The maximum absolute atomic E-state index is 13.0. The van der Waals surface area contributed by atoms with Gasteiger partial charge in [-0.3, -0.25) is 4.79 Å². The fourth-order valence-corrected chi connectivity index (χ4v) is 3.34. The molecule has 6 nitrogen and oxygen atoms in total. The van der Waals surface area contributed by atoms with Gasteiger partial charge in [0.05, 0.1) is 12.6 Å². The van der Waals surface area contributed by atoms with Crippen LogP contribution in [0.3, 0.4) is 0 Å². The Kier molecular flexibility index (Phi) is 6.45. The molecule has 1 amide bonds. The van der Waals surface area contributed by atoms with Crippen LogP contribution in [0.15, 0.2) is 48.5 Å². The molecule has 0 fully saturated rings. The second kappa shape index (κ2) is 8.89. The van der Waals surface area contributed by atoms with Crippen molar-refractivity contribution in [3.63, 3.8) is 0 Å². The topological polar surface area (TPSA) is 89.5 Å². The van der Waals surface area contributed by atoms with E-state index >= 15 is 0 Å². The van der Waals surface area contributed by atoms with E-state index in [1.807, 2.05) is 13.8 Å². The Morgan fingerprint density at radius 1 is 1.19 bits per heavy atom. The normalized spacial score (nSPS) is 12.9. The number of anilines is 1. The van der Waals surface area contributed by atoms with Crippen molar-refractivity contribution in [2.24, 2.45) is 5.92 Å². The van der Waals surface area contributed by atoms with Crippen LogP contribution in [0.4, 0.5) is 18.9 Å². The minimum Gasteiger partial charge on any atom is -0.406 e. The summed E-state index contributed by atoms with van der Waals surface area (Å²) in [6, 6.07) is 12.0. The fraction of sp³-hybridized carbons (Fsp3) is 0.318. The maximum atomic E-state index is 13.0. The summed E-state index contributed by atoms with van der Waals surface area (Å²) in [4.78, 5) is 13.0. The maximum Gasteiger partial charge on any atom is 0.573 e.